The second kappa shape index (κ2) is 4.63. The van der Waals surface area contributed by atoms with E-state index in [9.17, 15) is 0 Å². The summed E-state index contributed by atoms with van der Waals surface area (Å²) in [6, 6.07) is 8.75. The molecule has 3 aromatic rings. The highest BCUT2D eigenvalue weighted by Gasteiger charge is 2.16. The lowest BCUT2D eigenvalue weighted by molar-refractivity contribution is 0.779. The van der Waals surface area contributed by atoms with Crippen molar-refractivity contribution < 1.29 is 0 Å². The van der Waals surface area contributed by atoms with Gasteiger partial charge in [0.15, 0.2) is 5.65 Å². The van der Waals surface area contributed by atoms with Gasteiger partial charge in [-0.25, -0.2) is 4.98 Å². The smallest absolute Gasteiger partial charge is 0.156 e. The molecule has 0 spiro atoms. The van der Waals surface area contributed by atoms with Crippen LogP contribution in [-0.4, -0.2) is 27.5 Å². The van der Waals surface area contributed by atoms with Crippen molar-refractivity contribution in [1.82, 2.24) is 14.4 Å². The van der Waals surface area contributed by atoms with E-state index in [0.717, 1.165) is 37.4 Å². The van der Waals surface area contributed by atoms with Crippen LogP contribution in [0.4, 0.5) is 5.82 Å². The van der Waals surface area contributed by atoms with Crippen LogP contribution in [0, 0.1) is 0 Å². The Labute approximate surface area is 117 Å². The predicted octanol–water partition coefficient (Wildman–Crippen LogP) is 2.33. The molecule has 1 aromatic carbocycles. The zero-order valence-corrected chi connectivity index (χ0v) is 11.2. The molecular weight excluding hydrogens is 248 g/mol. The summed E-state index contributed by atoms with van der Waals surface area (Å²) in [7, 11) is 0. The van der Waals surface area contributed by atoms with Gasteiger partial charge in [0.2, 0.25) is 0 Å². The number of benzene rings is 1. The van der Waals surface area contributed by atoms with Gasteiger partial charge in [0.25, 0.3) is 0 Å². The number of fused-ring (bicyclic) bond motifs is 2. The molecule has 3 heterocycles. The second-order valence-electron chi connectivity index (χ2n) is 5.18. The van der Waals surface area contributed by atoms with E-state index in [4.69, 9.17) is 0 Å². The number of hydrogen-bond donors (Lipinski definition) is 0. The molecule has 0 atom stereocenters. The molecule has 0 aliphatic carbocycles. The average Bonchev–Trinajstić information content (AvgIpc) is 2.87. The Morgan fingerprint density at radius 1 is 0.950 bits per heavy atom. The Balaban J connectivity index is 1.69. The maximum absolute atomic E-state index is 4.31. The Kier molecular flexibility index (Phi) is 2.66. The third-order valence-electron chi connectivity index (χ3n) is 4.04. The monoisotopic (exact) mass is 264 g/mol. The van der Waals surface area contributed by atoms with E-state index in [-0.39, 0.29) is 0 Å². The normalized spacial score (nSPS) is 15.1. The Morgan fingerprint density at radius 2 is 1.70 bits per heavy atom. The Bertz CT molecular complexity index is 720. The zero-order valence-electron chi connectivity index (χ0n) is 11.2. The minimum absolute atomic E-state index is 0.907. The lowest BCUT2D eigenvalue weighted by Crippen LogP contribution is -2.28. The van der Waals surface area contributed by atoms with E-state index in [2.05, 4.69) is 43.5 Å². The summed E-state index contributed by atoms with van der Waals surface area (Å²) in [6.45, 7) is 2.05. The summed E-state index contributed by atoms with van der Waals surface area (Å²) < 4.78 is 2.11. The van der Waals surface area contributed by atoms with Crippen LogP contribution in [0.2, 0.25) is 0 Å². The maximum atomic E-state index is 4.31. The van der Waals surface area contributed by atoms with Gasteiger partial charge in [0.1, 0.15) is 5.82 Å². The molecule has 20 heavy (non-hydrogen) atoms. The van der Waals surface area contributed by atoms with E-state index >= 15 is 0 Å². The van der Waals surface area contributed by atoms with Crippen LogP contribution in [0.15, 0.2) is 49.1 Å². The molecule has 2 aromatic heterocycles. The zero-order chi connectivity index (χ0) is 13.4. The van der Waals surface area contributed by atoms with E-state index in [1.165, 1.54) is 11.1 Å². The van der Waals surface area contributed by atoms with Gasteiger partial charge >= 0.3 is 0 Å². The summed E-state index contributed by atoms with van der Waals surface area (Å²) in [5.74, 6) is 1.13. The summed E-state index contributed by atoms with van der Waals surface area (Å²) in [4.78, 5) is 11.0. The molecular formula is C16H16N4. The number of aromatic nitrogens is 3. The SMILES string of the molecule is c1ccc2c(c1)CCN(c1cncc3nccn13)CC2. The molecule has 4 rings (SSSR count). The fourth-order valence-corrected chi connectivity index (χ4v) is 2.97. The fraction of sp³-hybridized carbons (Fsp3) is 0.250. The Hall–Kier alpha value is -2.36. The molecule has 0 bridgehead atoms. The van der Waals surface area contributed by atoms with Crippen LogP contribution < -0.4 is 4.90 Å². The molecule has 100 valence electrons. The fourth-order valence-electron chi connectivity index (χ4n) is 2.97. The van der Waals surface area contributed by atoms with E-state index in [1.807, 2.05) is 18.6 Å². The van der Waals surface area contributed by atoms with Crippen molar-refractivity contribution in [2.45, 2.75) is 12.8 Å². The van der Waals surface area contributed by atoms with Gasteiger partial charge in [-0.2, -0.15) is 0 Å². The molecule has 0 saturated carbocycles. The molecule has 4 nitrogen and oxygen atoms in total. The third kappa shape index (κ3) is 1.84. The van der Waals surface area contributed by atoms with Crippen molar-refractivity contribution >= 4 is 11.5 Å². The highest BCUT2D eigenvalue weighted by Crippen LogP contribution is 2.21. The minimum atomic E-state index is 0.907. The standard InChI is InChI=1S/C16H16N4/c1-2-4-14-6-9-19(8-5-13(14)3-1)16-12-17-11-15-18-7-10-20(15)16/h1-4,7,10-12H,5-6,8-9H2. The largest absolute Gasteiger partial charge is 0.356 e. The number of rotatable bonds is 1. The van der Waals surface area contributed by atoms with Crippen molar-refractivity contribution in [3.63, 3.8) is 0 Å². The van der Waals surface area contributed by atoms with Crippen molar-refractivity contribution in [2.75, 3.05) is 18.0 Å². The van der Waals surface area contributed by atoms with Gasteiger partial charge in [-0.05, 0) is 24.0 Å². The molecule has 0 N–H and O–H groups in total. The first-order valence-corrected chi connectivity index (χ1v) is 7.00. The van der Waals surface area contributed by atoms with Gasteiger partial charge in [-0.1, -0.05) is 24.3 Å². The van der Waals surface area contributed by atoms with Crippen molar-refractivity contribution in [3.05, 3.63) is 60.2 Å². The van der Waals surface area contributed by atoms with Crippen LogP contribution >= 0.6 is 0 Å². The number of imidazole rings is 1. The summed E-state index contributed by atoms with van der Waals surface area (Å²) in [6.07, 6.45) is 9.74. The first kappa shape index (κ1) is 11.5. The topological polar surface area (TPSA) is 33.4 Å². The average molecular weight is 264 g/mol. The van der Waals surface area contributed by atoms with Crippen LogP contribution in [-0.2, 0) is 12.8 Å². The molecule has 0 unspecified atom stereocenters. The summed E-state index contributed by atoms with van der Waals surface area (Å²) in [5.41, 5.74) is 3.85. The molecule has 1 aliphatic rings. The van der Waals surface area contributed by atoms with Crippen LogP contribution in [0.3, 0.4) is 0 Å². The first-order chi connectivity index (χ1) is 9.92. The highest BCUT2D eigenvalue weighted by molar-refractivity contribution is 5.49. The number of hydrogen-bond acceptors (Lipinski definition) is 3. The molecule has 0 amide bonds. The quantitative estimate of drug-likeness (QED) is 0.676. The number of nitrogens with zero attached hydrogens (tertiary/aromatic N) is 4. The van der Waals surface area contributed by atoms with Crippen LogP contribution in [0.1, 0.15) is 11.1 Å². The van der Waals surface area contributed by atoms with Gasteiger partial charge in [-0.3, -0.25) is 9.38 Å². The van der Waals surface area contributed by atoms with Gasteiger partial charge in [0.05, 0.1) is 12.4 Å². The van der Waals surface area contributed by atoms with Crippen LogP contribution in [0.5, 0.6) is 0 Å². The van der Waals surface area contributed by atoms with E-state index in [0.29, 0.717) is 0 Å². The van der Waals surface area contributed by atoms with Gasteiger partial charge in [0, 0.05) is 25.5 Å². The first-order valence-electron chi connectivity index (χ1n) is 7.00. The van der Waals surface area contributed by atoms with E-state index in [1.54, 1.807) is 6.20 Å². The summed E-state index contributed by atoms with van der Waals surface area (Å²) in [5, 5.41) is 0. The van der Waals surface area contributed by atoms with Gasteiger partial charge in [-0.15, -0.1) is 0 Å². The lowest BCUT2D eigenvalue weighted by atomic mass is 10.0. The second-order valence-corrected chi connectivity index (χ2v) is 5.18. The predicted molar refractivity (Wildman–Crippen MR) is 79.1 cm³/mol. The maximum Gasteiger partial charge on any atom is 0.156 e. The molecule has 1 aliphatic heterocycles. The molecule has 0 radical (unpaired) electrons. The molecule has 4 heteroatoms. The number of anilines is 1. The highest BCUT2D eigenvalue weighted by atomic mass is 15.2. The third-order valence-corrected chi connectivity index (χ3v) is 4.04. The van der Waals surface area contributed by atoms with E-state index < -0.39 is 0 Å². The molecule has 0 fully saturated rings. The minimum Gasteiger partial charge on any atom is -0.356 e. The lowest BCUT2D eigenvalue weighted by Gasteiger charge is -2.23. The Morgan fingerprint density at radius 3 is 2.45 bits per heavy atom. The van der Waals surface area contributed by atoms with Crippen molar-refractivity contribution in [3.8, 4) is 0 Å². The van der Waals surface area contributed by atoms with Crippen molar-refractivity contribution in [1.29, 1.82) is 0 Å². The van der Waals surface area contributed by atoms with Crippen LogP contribution in [0.25, 0.3) is 5.65 Å². The summed E-state index contributed by atoms with van der Waals surface area (Å²) >= 11 is 0. The van der Waals surface area contributed by atoms with Gasteiger partial charge < -0.3 is 4.90 Å². The van der Waals surface area contributed by atoms with Crippen molar-refractivity contribution in [2.24, 2.45) is 0 Å². The molecule has 0 saturated heterocycles.